The summed E-state index contributed by atoms with van der Waals surface area (Å²) in [5.41, 5.74) is 19.1. The predicted molar refractivity (Wildman–Crippen MR) is 224 cm³/mol. The molecule has 1 aliphatic carbocycles. The van der Waals surface area contributed by atoms with E-state index in [4.69, 9.17) is 0 Å². The van der Waals surface area contributed by atoms with Crippen molar-refractivity contribution in [3.8, 4) is 66.8 Å². The van der Waals surface area contributed by atoms with Gasteiger partial charge in [-0.2, -0.15) is 0 Å². The number of benzene rings is 9. The maximum Gasteiger partial charge on any atom is 0.0352 e. The van der Waals surface area contributed by atoms with Gasteiger partial charge in [-0.15, -0.1) is 0 Å². The van der Waals surface area contributed by atoms with Crippen molar-refractivity contribution in [2.24, 2.45) is 0 Å². The van der Waals surface area contributed by atoms with Crippen molar-refractivity contribution in [3.63, 3.8) is 0 Å². The molecule has 0 aliphatic heterocycles. The fraction of sp³-hybridized carbons (Fsp3) is 0.0189. The van der Waals surface area contributed by atoms with Gasteiger partial charge in [-0.05, 0) is 125 Å². The molecule has 0 radical (unpaired) electrons. The van der Waals surface area contributed by atoms with Crippen LogP contribution in [0.2, 0.25) is 0 Å². The minimum Gasteiger partial charge on any atom is -0.0622 e. The smallest absolute Gasteiger partial charge is 0.0352 e. The highest BCUT2D eigenvalue weighted by Gasteiger charge is 2.29. The zero-order valence-corrected chi connectivity index (χ0v) is 29.3. The van der Waals surface area contributed by atoms with E-state index in [1.165, 1.54) is 94.2 Å². The molecule has 0 bridgehead atoms. The zero-order valence-electron chi connectivity index (χ0n) is 29.3. The number of hydrogen-bond donors (Lipinski definition) is 0. The van der Waals surface area contributed by atoms with E-state index in [0.29, 0.717) is 0 Å². The van der Waals surface area contributed by atoms with Gasteiger partial charge in [-0.1, -0.05) is 182 Å². The molecule has 0 amide bonds. The van der Waals surface area contributed by atoms with Crippen LogP contribution in [0.3, 0.4) is 0 Å². The topological polar surface area (TPSA) is 0 Å². The average molecular weight is 673 g/mol. The molecule has 0 aromatic heterocycles. The molecule has 9 aromatic rings. The van der Waals surface area contributed by atoms with Crippen molar-refractivity contribution >= 4 is 10.8 Å². The molecule has 0 saturated carbocycles. The second-order valence-electron chi connectivity index (χ2n) is 14.1. The zero-order chi connectivity index (χ0) is 35.1. The molecule has 0 saturated heterocycles. The Kier molecular flexibility index (Phi) is 7.66. The summed E-state index contributed by atoms with van der Waals surface area (Å²) in [7, 11) is 0. The van der Waals surface area contributed by atoms with Gasteiger partial charge in [0.1, 0.15) is 0 Å². The third-order valence-corrected chi connectivity index (χ3v) is 11.0. The Morgan fingerprint density at radius 2 is 0.566 bits per heavy atom. The number of fused-ring (bicyclic) bond motifs is 4. The van der Waals surface area contributed by atoms with Gasteiger partial charge in [0.15, 0.2) is 0 Å². The van der Waals surface area contributed by atoms with Crippen LogP contribution in [0, 0.1) is 0 Å². The predicted octanol–water partition coefficient (Wildman–Crippen LogP) is 14.3. The van der Waals surface area contributed by atoms with Crippen molar-refractivity contribution in [1.29, 1.82) is 0 Å². The second-order valence-corrected chi connectivity index (χ2v) is 14.1. The SMILES string of the molecule is c1ccc(-c2cc(-c3ccccc3)cc(-c3ccc(-c4ccc5cc(-c6ccc(C7c8ccccc8-c8ccccc87)cc6)ccc5c4)cc3)c2)cc1. The lowest BCUT2D eigenvalue weighted by atomic mass is 9.88. The molecule has 9 aromatic carbocycles. The van der Waals surface area contributed by atoms with Gasteiger partial charge >= 0.3 is 0 Å². The Morgan fingerprint density at radius 3 is 1.02 bits per heavy atom. The van der Waals surface area contributed by atoms with Gasteiger partial charge in [0.05, 0.1) is 0 Å². The molecule has 0 spiro atoms. The van der Waals surface area contributed by atoms with E-state index in [-0.39, 0.29) is 5.92 Å². The van der Waals surface area contributed by atoms with Crippen LogP contribution in [0.4, 0.5) is 0 Å². The lowest BCUT2D eigenvalue weighted by Gasteiger charge is -2.15. The Hall–Kier alpha value is -6.76. The molecule has 0 unspecified atom stereocenters. The number of hydrogen-bond acceptors (Lipinski definition) is 0. The summed E-state index contributed by atoms with van der Waals surface area (Å²) in [4.78, 5) is 0. The highest BCUT2D eigenvalue weighted by atomic mass is 14.3. The van der Waals surface area contributed by atoms with Gasteiger partial charge in [-0.3, -0.25) is 0 Å². The van der Waals surface area contributed by atoms with Gasteiger partial charge in [0.2, 0.25) is 0 Å². The largest absolute Gasteiger partial charge is 0.0622 e. The third-order valence-electron chi connectivity index (χ3n) is 11.0. The average Bonchev–Trinajstić information content (AvgIpc) is 3.58. The van der Waals surface area contributed by atoms with Gasteiger partial charge in [0.25, 0.3) is 0 Å². The van der Waals surface area contributed by atoms with E-state index in [2.05, 4.69) is 212 Å². The minimum atomic E-state index is 0.270. The summed E-state index contributed by atoms with van der Waals surface area (Å²) < 4.78 is 0. The van der Waals surface area contributed by atoms with Crippen LogP contribution in [0.25, 0.3) is 77.5 Å². The highest BCUT2D eigenvalue weighted by molar-refractivity contribution is 5.91. The fourth-order valence-electron chi connectivity index (χ4n) is 8.23. The minimum absolute atomic E-state index is 0.270. The van der Waals surface area contributed by atoms with Crippen molar-refractivity contribution in [2.45, 2.75) is 5.92 Å². The van der Waals surface area contributed by atoms with Crippen LogP contribution in [0.5, 0.6) is 0 Å². The van der Waals surface area contributed by atoms with Crippen LogP contribution in [0.1, 0.15) is 22.6 Å². The van der Waals surface area contributed by atoms with Crippen LogP contribution >= 0.6 is 0 Å². The third kappa shape index (κ3) is 5.75. The Bertz CT molecular complexity index is 2630. The van der Waals surface area contributed by atoms with Crippen LogP contribution in [-0.2, 0) is 0 Å². The summed E-state index contributed by atoms with van der Waals surface area (Å²) in [6.07, 6.45) is 0. The number of rotatable bonds is 6. The maximum absolute atomic E-state index is 2.32. The van der Waals surface area contributed by atoms with E-state index in [1.54, 1.807) is 0 Å². The molecule has 0 heteroatoms. The van der Waals surface area contributed by atoms with Gasteiger partial charge in [0, 0.05) is 5.92 Å². The van der Waals surface area contributed by atoms with E-state index >= 15 is 0 Å². The molecule has 1 aliphatic rings. The van der Waals surface area contributed by atoms with Gasteiger partial charge in [-0.25, -0.2) is 0 Å². The quantitative estimate of drug-likeness (QED) is 0.165. The molecule has 0 atom stereocenters. The molecule has 10 rings (SSSR count). The molecule has 248 valence electrons. The van der Waals surface area contributed by atoms with Crippen molar-refractivity contribution in [1.82, 2.24) is 0 Å². The summed E-state index contributed by atoms with van der Waals surface area (Å²) >= 11 is 0. The van der Waals surface area contributed by atoms with Crippen LogP contribution in [0.15, 0.2) is 212 Å². The van der Waals surface area contributed by atoms with Crippen LogP contribution < -0.4 is 0 Å². The molecular weight excluding hydrogens is 637 g/mol. The highest BCUT2D eigenvalue weighted by Crippen LogP contribution is 2.48. The maximum atomic E-state index is 2.32. The standard InChI is InChI=1S/C53H36/c1-3-11-36(12-4-1)46-33-47(37-13-5-2-6-14-37)35-48(34-46)40-21-19-38(20-22-40)42-27-29-45-32-43(28-30-44(45)31-42)39-23-25-41(26-24-39)53-51-17-9-7-15-49(51)50-16-8-10-18-52(50)53/h1-35,53H. The summed E-state index contributed by atoms with van der Waals surface area (Å²) in [5, 5.41) is 2.49. The lowest BCUT2D eigenvalue weighted by molar-refractivity contribution is 1.02. The summed E-state index contributed by atoms with van der Waals surface area (Å²) in [6.45, 7) is 0. The lowest BCUT2D eigenvalue weighted by Crippen LogP contribution is -1.98. The Balaban J connectivity index is 0.921. The molecule has 0 nitrogen and oxygen atoms in total. The van der Waals surface area contributed by atoms with E-state index in [0.717, 1.165) is 0 Å². The molecule has 0 fully saturated rings. The van der Waals surface area contributed by atoms with E-state index < -0.39 is 0 Å². The fourth-order valence-corrected chi connectivity index (χ4v) is 8.23. The first-order valence-corrected chi connectivity index (χ1v) is 18.4. The second kappa shape index (κ2) is 13.1. The molecule has 53 heavy (non-hydrogen) atoms. The normalized spacial score (nSPS) is 12.1. The van der Waals surface area contributed by atoms with Crippen molar-refractivity contribution < 1.29 is 0 Å². The molecule has 0 N–H and O–H groups in total. The summed E-state index contributed by atoms with van der Waals surface area (Å²) in [5.74, 6) is 0.270. The van der Waals surface area contributed by atoms with E-state index in [1.807, 2.05) is 0 Å². The van der Waals surface area contributed by atoms with E-state index in [9.17, 15) is 0 Å². The van der Waals surface area contributed by atoms with Crippen molar-refractivity contribution in [2.75, 3.05) is 0 Å². The first kappa shape index (κ1) is 31.0. The van der Waals surface area contributed by atoms with Crippen LogP contribution in [-0.4, -0.2) is 0 Å². The first-order chi connectivity index (χ1) is 26.2. The summed E-state index contributed by atoms with van der Waals surface area (Å²) in [6, 6.07) is 77.8. The van der Waals surface area contributed by atoms with Crippen molar-refractivity contribution in [3.05, 3.63) is 229 Å². The Morgan fingerprint density at radius 1 is 0.226 bits per heavy atom. The monoisotopic (exact) mass is 672 g/mol. The van der Waals surface area contributed by atoms with Gasteiger partial charge < -0.3 is 0 Å². The first-order valence-electron chi connectivity index (χ1n) is 18.4. The molecular formula is C53H36. The Labute approximate surface area is 311 Å². The molecule has 0 heterocycles.